The number of amides is 1. The number of carbonyl (C=O) groups excluding carboxylic acids is 1. The molecule has 8 nitrogen and oxygen atoms in total. The zero-order valence-corrected chi connectivity index (χ0v) is 12.6. The molecule has 2 heterocycles. The van der Waals surface area contributed by atoms with Crippen LogP contribution >= 0.6 is 0 Å². The molecule has 0 spiro atoms. The van der Waals surface area contributed by atoms with Crippen LogP contribution in [0.4, 0.5) is 0 Å². The summed E-state index contributed by atoms with van der Waals surface area (Å²) >= 11 is 0. The Balaban J connectivity index is 1.82. The third-order valence-electron chi connectivity index (χ3n) is 3.86. The molecule has 1 unspecified atom stereocenters. The van der Waals surface area contributed by atoms with E-state index < -0.39 is 12.1 Å². The Hall–Kier alpha value is -2.61. The standard InChI is InChI=1S/C15H17N3O5/c1-9-6-17(7-12(23-9)14(20)21)13(19)8-18-11-5-3-2-4-10(11)16-15(18)22/h2-5,9,12H,6-8H2,1H3,(H,16,22)(H,20,21)/t9-,12?/m1/s1. The van der Waals surface area contributed by atoms with Crippen molar-refractivity contribution in [3.63, 3.8) is 0 Å². The third kappa shape index (κ3) is 2.98. The van der Waals surface area contributed by atoms with Crippen LogP contribution < -0.4 is 5.69 Å². The zero-order valence-electron chi connectivity index (χ0n) is 12.6. The number of aliphatic carboxylic acids is 1. The van der Waals surface area contributed by atoms with Gasteiger partial charge in [0.1, 0.15) is 6.54 Å². The summed E-state index contributed by atoms with van der Waals surface area (Å²) in [5.41, 5.74) is 0.932. The molecule has 1 saturated heterocycles. The average Bonchev–Trinajstić information content (AvgIpc) is 2.82. The number of aromatic nitrogens is 2. The summed E-state index contributed by atoms with van der Waals surface area (Å²) in [6.07, 6.45) is -1.41. The minimum atomic E-state index is -1.10. The SMILES string of the molecule is C[C@@H]1CN(C(=O)Cn2c(=O)[nH]c3ccccc32)CC(C(=O)O)O1. The number of nitrogens with zero attached hydrogens (tertiary/aromatic N) is 2. The van der Waals surface area contributed by atoms with E-state index in [1.165, 1.54) is 9.47 Å². The summed E-state index contributed by atoms with van der Waals surface area (Å²) < 4.78 is 6.64. The molecule has 1 aliphatic rings. The van der Waals surface area contributed by atoms with Crippen molar-refractivity contribution >= 4 is 22.9 Å². The highest BCUT2D eigenvalue weighted by Crippen LogP contribution is 2.14. The molecule has 8 heteroatoms. The van der Waals surface area contributed by atoms with Crippen molar-refractivity contribution in [2.75, 3.05) is 13.1 Å². The predicted octanol–water partition coefficient (Wildman–Crippen LogP) is 0.0301. The van der Waals surface area contributed by atoms with Gasteiger partial charge in [-0.15, -0.1) is 0 Å². The van der Waals surface area contributed by atoms with Gasteiger partial charge in [-0.3, -0.25) is 9.36 Å². The van der Waals surface area contributed by atoms with E-state index in [2.05, 4.69) is 4.98 Å². The number of rotatable bonds is 3. The van der Waals surface area contributed by atoms with Gasteiger partial charge in [-0.1, -0.05) is 12.1 Å². The Morgan fingerprint density at radius 3 is 2.83 bits per heavy atom. The van der Waals surface area contributed by atoms with E-state index in [-0.39, 0.29) is 30.8 Å². The number of hydrogen-bond donors (Lipinski definition) is 2. The largest absolute Gasteiger partial charge is 0.479 e. The number of carboxylic acids is 1. The third-order valence-corrected chi connectivity index (χ3v) is 3.86. The summed E-state index contributed by atoms with van der Waals surface area (Å²) in [7, 11) is 0. The minimum absolute atomic E-state index is 0.0182. The molecule has 122 valence electrons. The molecule has 1 aliphatic heterocycles. The van der Waals surface area contributed by atoms with Crippen LogP contribution in [0.1, 0.15) is 6.92 Å². The van der Waals surface area contributed by atoms with Gasteiger partial charge < -0.3 is 19.7 Å². The first-order chi connectivity index (χ1) is 11.0. The van der Waals surface area contributed by atoms with Gasteiger partial charge >= 0.3 is 11.7 Å². The maximum Gasteiger partial charge on any atom is 0.334 e. The number of hydrogen-bond acceptors (Lipinski definition) is 4. The van der Waals surface area contributed by atoms with Crippen LogP contribution in [0.25, 0.3) is 11.0 Å². The Morgan fingerprint density at radius 2 is 2.09 bits per heavy atom. The fraction of sp³-hybridized carbons (Fsp3) is 0.400. The number of fused-ring (bicyclic) bond motifs is 1. The van der Waals surface area contributed by atoms with Gasteiger partial charge in [0.25, 0.3) is 0 Å². The van der Waals surface area contributed by atoms with E-state index in [0.29, 0.717) is 17.6 Å². The summed E-state index contributed by atoms with van der Waals surface area (Å²) in [6.45, 7) is 1.87. The highest BCUT2D eigenvalue weighted by atomic mass is 16.5. The van der Waals surface area contributed by atoms with Gasteiger partial charge in [0.15, 0.2) is 6.10 Å². The van der Waals surface area contributed by atoms with Crippen molar-refractivity contribution in [3.8, 4) is 0 Å². The average molecular weight is 319 g/mol. The van der Waals surface area contributed by atoms with E-state index in [9.17, 15) is 14.4 Å². The molecular weight excluding hydrogens is 302 g/mol. The van der Waals surface area contributed by atoms with Gasteiger partial charge in [-0.25, -0.2) is 9.59 Å². The second-order valence-corrected chi connectivity index (χ2v) is 5.61. The molecule has 2 N–H and O–H groups in total. The lowest BCUT2D eigenvalue weighted by molar-refractivity contribution is -0.166. The molecule has 1 aromatic carbocycles. The molecular formula is C15H17N3O5. The number of benzene rings is 1. The molecule has 1 aromatic heterocycles. The van der Waals surface area contributed by atoms with Gasteiger partial charge in [-0.05, 0) is 19.1 Å². The van der Waals surface area contributed by atoms with Gasteiger partial charge in [-0.2, -0.15) is 0 Å². The summed E-state index contributed by atoms with van der Waals surface area (Å²) in [5.74, 6) is -1.41. The van der Waals surface area contributed by atoms with E-state index in [0.717, 1.165) is 0 Å². The molecule has 23 heavy (non-hydrogen) atoms. The van der Waals surface area contributed by atoms with Crippen LogP contribution in [0.5, 0.6) is 0 Å². The van der Waals surface area contributed by atoms with Crippen molar-refractivity contribution < 1.29 is 19.4 Å². The summed E-state index contributed by atoms with van der Waals surface area (Å²) in [4.78, 5) is 39.7. The maximum absolute atomic E-state index is 12.5. The first-order valence-electron chi connectivity index (χ1n) is 7.29. The number of carbonyl (C=O) groups is 2. The second kappa shape index (κ2) is 5.88. The number of para-hydroxylation sites is 2. The number of carboxylic acid groups (broad SMARTS) is 1. The number of imidazole rings is 1. The molecule has 0 bridgehead atoms. The lowest BCUT2D eigenvalue weighted by atomic mass is 10.2. The first-order valence-corrected chi connectivity index (χ1v) is 7.29. The number of H-pyrrole nitrogens is 1. The smallest absolute Gasteiger partial charge is 0.334 e. The van der Waals surface area contributed by atoms with Crippen LogP contribution in [-0.2, 0) is 20.9 Å². The normalized spacial score (nSPS) is 21.5. The number of nitrogens with one attached hydrogen (secondary N) is 1. The van der Waals surface area contributed by atoms with Crippen molar-refractivity contribution in [1.29, 1.82) is 0 Å². The fourth-order valence-corrected chi connectivity index (χ4v) is 2.79. The molecule has 1 fully saturated rings. The molecule has 2 atom stereocenters. The molecule has 2 aromatic rings. The van der Waals surface area contributed by atoms with Crippen molar-refractivity contribution in [3.05, 3.63) is 34.7 Å². The summed E-state index contributed by atoms with van der Waals surface area (Å²) in [5, 5.41) is 9.07. The number of ether oxygens (including phenoxy) is 1. The quantitative estimate of drug-likeness (QED) is 0.830. The topological polar surface area (TPSA) is 105 Å². The lowest BCUT2D eigenvalue weighted by Crippen LogP contribution is -2.52. The van der Waals surface area contributed by atoms with Crippen LogP contribution in [0.15, 0.2) is 29.1 Å². The molecule has 0 saturated carbocycles. The highest BCUT2D eigenvalue weighted by Gasteiger charge is 2.32. The van der Waals surface area contributed by atoms with Crippen molar-refractivity contribution in [2.45, 2.75) is 25.7 Å². The van der Waals surface area contributed by atoms with Crippen molar-refractivity contribution in [1.82, 2.24) is 14.5 Å². The van der Waals surface area contributed by atoms with Crippen LogP contribution in [0.3, 0.4) is 0 Å². The molecule has 0 aliphatic carbocycles. The Labute approximate surface area is 131 Å². The number of morpholine rings is 1. The van der Waals surface area contributed by atoms with E-state index in [4.69, 9.17) is 9.84 Å². The maximum atomic E-state index is 12.5. The van der Waals surface area contributed by atoms with Crippen LogP contribution in [0, 0.1) is 0 Å². The van der Waals surface area contributed by atoms with Gasteiger partial charge in [0, 0.05) is 6.54 Å². The molecule has 0 radical (unpaired) electrons. The van der Waals surface area contributed by atoms with E-state index in [1.54, 1.807) is 31.2 Å². The number of aromatic amines is 1. The molecule has 3 rings (SSSR count). The molecule has 1 amide bonds. The Bertz CT molecular complexity index is 809. The van der Waals surface area contributed by atoms with Crippen LogP contribution in [-0.4, -0.2) is 56.7 Å². The lowest BCUT2D eigenvalue weighted by Gasteiger charge is -2.35. The van der Waals surface area contributed by atoms with E-state index in [1.807, 2.05) is 0 Å². The minimum Gasteiger partial charge on any atom is -0.479 e. The first kappa shape index (κ1) is 15.3. The monoisotopic (exact) mass is 319 g/mol. The van der Waals surface area contributed by atoms with Gasteiger partial charge in [0.2, 0.25) is 5.91 Å². The Morgan fingerprint density at radius 1 is 1.35 bits per heavy atom. The van der Waals surface area contributed by atoms with E-state index >= 15 is 0 Å². The Kier molecular flexibility index (Phi) is 3.91. The van der Waals surface area contributed by atoms with Gasteiger partial charge in [0.05, 0.1) is 23.7 Å². The summed E-state index contributed by atoms with van der Waals surface area (Å²) in [6, 6.07) is 7.09. The van der Waals surface area contributed by atoms with Crippen LogP contribution in [0.2, 0.25) is 0 Å². The van der Waals surface area contributed by atoms with Crippen molar-refractivity contribution in [2.24, 2.45) is 0 Å². The highest BCUT2D eigenvalue weighted by molar-refractivity contribution is 5.81. The second-order valence-electron chi connectivity index (χ2n) is 5.61. The fourth-order valence-electron chi connectivity index (χ4n) is 2.79. The predicted molar refractivity (Wildman–Crippen MR) is 81.1 cm³/mol. The zero-order chi connectivity index (χ0) is 16.6.